The van der Waals surface area contributed by atoms with E-state index in [2.05, 4.69) is 0 Å². The molecule has 0 fully saturated rings. The van der Waals surface area contributed by atoms with E-state index >= 15 is 0 Å². The van der Waals surface area contributed by atoms with Crippen LogP contribution >= 0.6 is 11.8 Å². The fourth-order valence-electron chi connectivity index (χ4n) is 3.85. The van der Waals surface area contributed by atoms with E-state index in [1.807, 2.05) is 78.9 Å². The first-order chi connectivity index (χ1) is 17.5. The van der Waals surface area contributed by atoms with E-state index in [1.165, 1.54) is 5.01 Å². The molecule has 0 aromatic heterocycles. The number of anilines is 1. The van der Waals surface area contributed by atoms with Crippen LogP contribution in [0.3, 0.4) is 0 Å². The molecular weight excluding hydrogens is 472 g/mol. The molecule has 188 valence electrons. The third-order valence-electron chi connectivity index (χ3n) is 5.67. The highest BCUT2D eigenvalue weighted by Gasteiger charge is 2.34. The Morgan fingerprint density at radius 1 is 0.861 bits per heavy atom. The maximum absolute atomic E-state index is 13.6. The number of ether oxygens (including phenoxy) is 1. The predicted molar refractivity (Wildman–Crippen MR) is 145 cm³/mol. The van der Waals surface area contributed by atoms with Gasteiger partial charge in [-0.2, -0.15) is 0 Å². The zero-order valence-electron chi connectivity index (χ0n) is 20.7. The highest BCUT2D eigenvalue weighted by Crippen LogP contribution is 2.22. The molecule has 1 unspecified atom stereocenters. The highest BCUT2D eigenvalue weighted by molar-refractivity contribution is 8.14. The van der Waals surface area contributed by atoms with Crippen LogP contribution < -0.4 is 5.01 Å². The predicted octanol–water partition coefficient (Wildman–Crippen LogP) is 5.39. The number of nitrogens with zero attached hydrogens (tertiary/aromatic N) is 2. The summed E-state index contributed by atoms with van der Waals surface area (Å²) in [6.45, 7) is 1.98. The molecule has 0 radical (unpaired) electrons. The summed E-state index contributed by atoms with van der Waals surface area (Å²) >= 11 is 1.10. The van der Waals surface area contributed by atoms with Crippen molar-refractivity contribution in [3.63, 3.8) is 0 Å². The van der Waals surface area contributed by atoms with Gasteiger partial charge >= 0.3 is 5.97 Å². The Morgan fingerprint density at radius 3 is 2.06 bits per heavy atom. The first kappa shape index (κ1) is 27.0. The van der Waals surface area contributed by atoms with Gasteiger partial charge in [0, 0.05) is 24.8 Å². The molecular formula is C29H32N2O4S. The van der Waals surface area contributed by atoms with Crippen molar-refractivity contribution in [2.75, 3.05) is 24.4 Å². The molecule has 0 bridgehead atoms. The summed E-state index contributed by atoms with van der Waals surface area (Å²) < 4.78 is 5.39. The number of rotatable bonds is 12. The van der Waals surface area contributed by atoms with Crippen molar-refractivity contribution in [2.45, 2.75) is 32.2 Å². The van der Waals surface area contributed by atoms with Crippen LogP contribution in [0.4, 0.5) is 5.69 Å². The molecule has 1 amide bonds. The Kier molecular flexibility index (Phi) is 10.6. The van der Waals surface area contributed by atoms with Gasteiger partial charge in [0.15, 0.2) is 6.04 Å². The van der Waals surface area contributed by atoms with Gasteiger partial charge in [-0.1, -0.05) is 90.6 Å². The SMILES string of the molecule is CCOC(=O)C(CCc1ccccc1)N(C(=O)CCSC(=O)c1ccccc1)N(C)c1ccccc1. The number of para-hydroxylation sites is 1. The molecule has 0 aliphatic heterocycles. The lowest BCUT2D eigenvalue weighted by Crippen LogP contribution is -2.54. The van der Waals surface area contributed by atoms with E-state index < -0.39 is 12.0 Å². The van der Waals surface area contributed by atoms with Crippen LogP contribution in [0.1, 0.15) is 35.7 Å². The average Bonchev–Trinajstić information content (AvgIpc) is 2.92. The Hall–Kier alpha value is -3.58. The van der Waals surface area contributed by atoms with E-state index in [-0.39, 0.29) is 24.1 Å². The summed E-state index contributed by atoms with van der Waals surface area (Å²) in [5.41, 5.74) is 2.44. The summed E-state index contributed by atoms with van der Waals surface area (Å²) in [7, 11) is 1.77. The molecule has 0 aliphatic rings. The number of carbonyl (C=O) groups excluding carboxylic acids is 3. The molecule has 1 atom stereocenters. The van der Waals surface area contributed by atoms with E-state index in [0.717, 1.165) is 23.0 Å². The smallest absolute Gasteiger partial charge is 0.330 e. The van der Waals surface area contributed by atoms with Crippen molar-refractivity contribution >= 4 is 34.4 Å². The van der Waals surface area contributed by atoms with Crippen LogP contribution in [0.15, 0.2) is 91.0 Å². The molecule has 3 aromatic rings. The minimum absolute atomic E-state index is 0.0858. The number of carbonyl (C=O) groups is 3. The summed E-state index contributed by atoms with van der Waals surface area (Å²) in [5.74, 6) is -0.390. The van der Waals surface area contributed by atoms with E-state index in [4.69, 9.17) is 4.74 Å². The fraction of sp³-hybridized carbons (Fsp3) is 0.276. The number of aryl methyl sites for hydroxylation is 1. The van der Waals surface area contributed by atoms with Gasteiger partial charge < -0.3 is 4.74 Å². The second-order valence-corrected chi connectivity index (χ2v) is 9.21. The van der Waals surface area contributed by atoms with Crippen molar-refractivity contribution in [1.82, 2.24) is 5.01 Å². The maximum Gasteiger partial charge on any atom is 0.330 e. The van der Waals surface area contributed by atoms with Gasteiger partial charge in [0.25, 0.3) is 0 Å². The Labute approximate surface area is 217 Å². The van der Waals surface area contributed by atoms with E-state index in [1.54, 1.807) is 31.1 Å². The van der Waals surface area contributed by atoms with Crippen LogP contribution in [0, 0.1) is 0 Å². The van der Waals surface area contributed by atoms with Crippen molar-refractivity contribution in [3.05, 3.63) is 102 Å². The lowest BCUT2D eigenvalue weighted by molar-refractivity contribution is -0.155. The van der Waals surface area contributed by atoms with Crippen LogP contribution in [0.2, 0.25) is 0 Å². The molecule has 0 heterocycles. The molecule has 0 saturated heterocycles. The van der Waals surface area contributed by atoms with Gasteiger partial charge in [0.2, 0.25) is 11.0 Å². The standard InChI is InChI=1S/C29H32N2O4S/c1-3-35-28(33)26(20-19-23-13-7-4-8-14-23)31(30(2)25-17-11-6-12-18-25)27(32)21-22-36-29(34)24-15-9-5-10-16-24/h4-18,26H,3,19-22H2,1-2H3. The number of esters is 1. The number of hydrogen-bond donors (Lipinski definition) is 0. The van der Waals surface area contributed by atoms with Crippen molar-refractivity contribution in [3.8, 4) is 0 Å². The number of hydrazine groups is 1. The molecule has 0 aliphatic carbocycles. The van der Waals surface area contributed by atoms with Crippen molar-refractivity contribution in [2.24, 2.45) is 0 Å². The largest absolute Gasteiger partial charge is 0.464 e. The third-order valence-corrected chi connectivity index (χ3v) is 6.58. The normalized spacial score (nSPS) is 11.4. The van der Waals surface area contributed by atoms with Crippen LogP contribution in [-0.4, -0.2) is 47.4 Å². The van der Waals surface area contributed by atoms with Crippen LogP contribution in [-0.2, 0) is 20.7 Å². The second kappa shape index (κ2) is 14.1. The van der Waals surface area contributed by atoms with Crippen molar-refractivity contribution < 1.29 is 19.1 Å². The first-order valence-corrected chi connectivity index (χ1v) is 13.0. The third kappa shape index (κ3) is 7.71. The van der Waals surface area contributed by atoms with Gasteiger partial charge in [-0.25, -0.2) is 9.80 Å². The molecule has 6 nitrogen and oxygen atoms in total. The van der Waals surface area contributed by atoms with Crippen LogP contribution in [0.25, 0.3) is 0 Å². The molecule has 0 N–H and O–H groups in total. The minimum Gasteiger partial charge on any atom is -0.464 e. The summed E-state index contributed by atoms with van der Waals surface area (Å²) in [5, 5.41) is 3.11. The minimum atomic E-state index is -0.808. The molecule has 0 saturated carbocycles. The number of amides is 1. The monoisotopic (exact) mass is 504 g/mol. The summed E-state index contributed by atoms with van der Waals surface area (Å²) in [6, 6.07) is 27.5. The average molecular weight is 505 g/mol. The Balaban J connectivity index is 1.80. The van der Waals surface area contributed by atoms with E-state index in [9.17, 15) is 14.4 Å². The molecule has 7 heteroatoms. The maximum atomic E-state index is 13.6. The topological polar surface area (TPSA) is 66.9 Å². The zero-order valence-corrected chi connectivity index (χ0v) is 21.5. The molecule has 36 heavy (non-hydrogen) atoms. The fourth-order valence-corrected chi connectivity index (χ4v) is 4.61. The number of hydrogen-bond acceptors (Lipinski definition) is 6. The van der Waals surface area contributed by atoms with E-state index in [0.29, 0.717) is 24.2 Å². The highest BCUT2D eigenvalue weighted by atomic mass is 32.2. The van der Waals surface area contributed by atoms with Gasteiger partial charge in [-0.05, 0) is 37.5 Å². The summed E-state index contributed by atoms with van der Waals surface area (Å²) in [4.78, 5) is 39.2. The molecule has 0 spiro atoms. The van der Waals surface area contributed by atoms with Crippen molar-refractivity contribution in [1.29, 1.82) is 0 Å². The lowest BCUT2D eigenvalue weighted by atomic mass is 10.0. The number of thioether (sulfide) groups is 1. The summed E-state index contributed by atoms with van der Waals surface area (Å²) in [6.07, 6.45) is 1.11. The van der Waals surface area contributed by atoms with Gasteiger partial charge in [0.05, 0.1) is 12.3 Å². The van der Waals surface area contributed by atoms with Gasteiger partial charge in [0.1, 0.15) is 0 Å². The zero-order chi connectivity index (χ0) is 25.8. The quantitative estimate of drug-likeness (QED) is 0.243. The molecule has 3 aromatic carbocycles. The second-order valence-electron chi connectivity index (χ2n) is 8.14. The van der Waals surface area contributed by atoms with Gasteiger partial charge in [-0.15, -0.1) is 0 Å². The van der Waals surface area contributed by atoms with Gasteiger partial charge in [-0.3, -0.25) is 14.6 Å². The van der Waals surface area contributed by atoms with Crippen LogP contribution in [0.5, 0.6) is 0 Å². The lowest BCUT2D eigenvalue weighted by Gasteiger charge is -2.38. The molecule has 3 rings (SSSR count). The first-order valence-electron chi connectivity index (χ1n) is 12.0. The Bertz CT molecular complexity index is 1110. The Morgan fingerprint density at radius 2 is 1.44 bits per heavy atom. The number of benzene rings is 3.